The molecule has 1 aromatic heterocycles. The van der Waals surface area contributed by atoms with E-state index in [4.69, 9.17) is 4.74 Å². The van der Waals surface area contributed by atoms with E-state index in [1.807, 2.05) is 24.7 Å². The van der Waals surface area contributed by atoms with Gasteiger partial charge in [0.05, 0.1) is 25.3 Å². The molecule has 1 N–H and O–H groups in total. The van der Waals surface area contributed by atoms with E-state index in [0.29, 0.717) is 12.1 Å². The van der Waals surface area contributed by atoms with Crippen LogP contribution in [0.25, 0.3) is 5.69 Å². The maximum absolute atomic E-state index is 5.21. The van der Waals surface area contributed by atoms with Crippen molar-refractivity contribution in [3.05, 3.63) is 42.5 Å². The number of nitrogens with zero attached hydrogens (tertiary/aromatic N) is 2. The second kappa shape index (κ2) is 5.67. The van der Waals surface area contributed by atoms with Crippen LogP contribution in [0.1, 0.15) is 37.9 Å². The molecule has 1 saturated heterocycles. The largest absolute Gasteiger partial charge is 0.497 e. The molecular weight excluding hydrogens is 250 g/mol. The van der Waals surface area contributed by atoms with E-state index in [1.165, 1.54) is 25.0 Å². The van der Waals surface area contributed by atoms with Crippen LogP contribution in [0, 0.1) is 0 Å². The van der Waals surface area contributed by atoms with Crippen LogP contribution >= 0.6 is 0 Å². The van der Waals surface area contributed by atoms with E-state index in [0.717, 1.165) is 11.4 Å². The summed E-state index contributed by atoms with van der Waals surface area (Å²) in [6.45, 7) is 2.25. The zero-order valence-electron chi connectivity index (χ0n) is 12.0. The first kappa shape index (κ1) is 13.2. The van der Waals surface area contributed by atoms with Gasteiger partial charge in [-0.3, -0.25) is 0 Å². The molecule has 0 amide bonds. The maximum atomic E-state index is 5.21. The van der Waals surface area contributed by atoms with Gasteiger partial charge >= 0.3 is 0 Å². The molecule has 20 heavy (non-hydrogen) atoms. The van der Waals surface area contributed by atoms with Crippen LogP contribution in [0.15, 0.2) is 36.8 Å². The summed E-state index contributed by atoms with van der Waals surface area (Å²) < 4.78 is 7.37. The van der Waals surface area contributed by atoms with Gasteiger partial charge in [0, 0.05) is 17.8 Å². The van der Waals surface area contributed by atoms with E-state index < -0.39 is 0 Å². The Morgan fingerprint density at radius 3 is 2.75 bits per heavy atom. The Bertz CT molecular complexity index is 561. The first-order chi connectivity index (χ1) is 9.78. The van der Waals surface area contributed by atoms with Crippen molar-refractivity contribution in [2.75, 3.05) is 7.11 Å². The van der Waals surface area contributed by atoms with E-state index in [-0.39, 0.29) is 0 Å². The monoisotopic (exact) mass is 271 g/mol. The Morgan fingerprint density at radius 2 is 2.05 bits per heavy atom. The van der Waals surface area contributed by atoms with E-state index >= 15 is 0 Å². The summed E-state index contributed by atoms with van der Waals surface area (Å²) in [5.41, 5.74) is 2.36. The summed E-state index contributed by atoms with van der Waals surface area (Å²) >= 11 is 0. The molecule has 106 valence electrons. The molecule has 2 aromatic rings. The lowest BCUT2D eigenvalue weighted by molar-refractivity contribution is 0.334. The number of hydrogen-bond acceptors (Lipinski definition) is 3. The molecule has 1 aliphatic heterocycles. The molecule has 0 radical (unpaired) electrons. The first-order valence-corrected chi connectivity index (χ1v) is 7.20. The van der Waals surface area contributed by atoms with E-state index in [1.54, 1.807) is 7.11 Å². The first-order valence-electron chi connectivity index (χ1n) is 7.20. The Balaban J connectivity index is 1.88. The molecule has 1 aliphatic rings. The van der Waals surface area contributed by atoms with Crippen molar-refractivity contribution in [2.45, 2.75) is 38.3 Å². The summed E-state index contributed by atoms with van der Waals surface area (Å²) in [7, 11) is 1.69. The minimum atomic E-state index is 0.392. The highest BCUT2D eigenvalue weighted by molar-refractivity contribution is 5.39. The van der Waals surface area contributed by atoms with Crippen LogP contribution in [0.3, 0.4) is 0 Å². The predicted molar refractivity (Wildman–Crippen MR) is 79.3 cm³/mol. The van der Waals surface area contributed by atoms with Crippen molar-refractivity contribution in [3.8, 4) is 11.4 Å². The molecule has 2 atom stereocenters. The fourth-order valence-electron chi connectivity index (χ4n) is 2.89. The van der Waals surface area contributed by atoms with E-state index in [2.05, 4.69) is 33.9 Å². The quantitative estimate of drug-likeness (QED) is 0.932. The highest BCUT2D eigenvalue weighted by atomic mass is 16.5. The molecule has 4 heteroatoms. The number of imidazole rings is 1. The fourth-order valence-corrected chi connectivity index (χ4v) is 2.89. The van der Waals surface area contributed by atoms with Gasteiger partial charge in [0.15, 0.2) is 0 Å². The summed E-state index contributed by atoms with van der Waals surface area (Å²) in [6, 6.07) is 9.06. The normalized spacial score (nSPS) is 22.7. The number of nitrogens with one attached hydrogen (secondary N) is 1. The molecule has 1 fully saturated rings. The summed E-state index contributed by atoms with van der Waals surface area (Å²) in [6.07, 6.45) is 7.56. The number of methoxy groups -OCH3 is 1. The minimum Gasteiger partial charge on any atom is -0.497 e. The smallest absolute Gasteiger partial charge is 0.119 e. The third-order valence-corrected chi connectivity index (χ3v) is 3.99. The van der Waals surface area contributed by atoms with Crippen molar-refractivity contribution in [3.63, 3.8) is 0 Å². The highest BCUT2D eigenvalue weighted by Crippen LogP contribution is 2.27. The zero-order chi connectivity index (χ0) is 13.9. The fraction of sp³-hybridized carbons (Fsp3) is 0.438. The molecule has 0 saturated carbocycles. The number of benzene rings is 1. The molecule has 4 nitrogen and oxygen atoms in total. The SMILES string of the molecule is COc1ccc(-n2cncc2C2CCCC(C)N2)cc1. The molecule has 0 bridgehead atoms. The summed E-state index contributed by atoms with van der Waals surface area (Å²) in [4.78, 5) is 4.33. The van der Waals surface area contributed by atoms with Gasteiger partial charge in [-0.25, -0.2) is 4.98 Å². The topological polar surface area (TPSA) is 39.1 Å². The third kappa shape index (κ3) is 2.56. The third-order valence-electron chi connectivity index (χ3n) is 3.99. The Morgan fingerprint density at radius 1 is 1.25 bits per heavy atom. The molecule has 0 aliphatic carbocycles. The van der Waals surface area contributed by atoms with Crippen molar-refractivity contribution >= 4 is 0 Å². The van der Waals surface area contributed by atoms with Gasteiger partial charge in [-0.2, -0.15) is 0 Å². The van der Waals surface area contributed by atoms with Gasteiger partial charge in [-0.15, -0.1) is 0 Å². The second-order valence-corrected chi connectivity index (χ2v) is 5.44. The number of hydrogen-bond donors (Lipinski definition) is 1. The zero-order valence-corrected chi connectivity index (χ0v) is 12.0. The maximum Gasteiger partial charge on any atom is 0.119 e. The predicted octanol–water partition coefficient (Wildman–Crippen LogP) is 3.08. The van der Waals surface area contributed by atoms with Gasteiger partial charge in [-0.1, -0.05) is 0 Å². The van der Waals surface area contributed by atoms with Crippen molar-refractivity contribution in [2.24, 2.45) is 0 Å². The van der Waals surface area contributed by atoms with Gasteiger partial charge in [0.2, 0.25) is 0 Å². The van der Waals surface area contributed by atoms with Gasteiger partial charge in [-0.05, 0) is 50.5 Å². The van der Waals surface area contributed by atoms with Gasteiger partial charge < -0.3 is 14.6 Å². The van der Waals surface area contributed by atoms with Crippen LogP contribution in [-0.2, 0) is 0 Å². The number of ether oxygens (including phenoxy) is 1. The summed E-state index contributed by atoms with van der Waals surface area (Å²) in [5.74, 6) is 0.875. The van der Waals surface area contributed by atoms with Crippen LogP contribution in [0.5, 0.6) is 5.75 Å². The number of aromatic nitrogens is 2. The lowest BCUT2D eigenvalue weighted by atomic mass is 9.97. The molecule has 1 aromatic carbocycles. The Hall–Kier alpha value is -1.81. The standard InChI is InChI=1S/C16H21N3O/c1-12-4-3-5-15(18-12)16-10-17-11-19(16)13-6-8-14(20-2)9-7-13/h6-12,15,18H,3-5H2,1-2H3. The van der Waals surface area contributed by atoms with E-state index in [9.17, 15) is 0 Å². The average molecular weight is 271 g/mol. The highest BCUT2D eigenvalue weighted by Gasteiger charge is 2.22. The minimum absolute atomic E-state index is 0.392. The number of rotatable bonds is 3. The van der Waals surface area contributed by atoms with Crippen molar-refractivity contribution in [1.82, 2.24) is 14.9 Å². The number of piperidine rings is 1. The Kier molecular flexibility index (Phi) is 3.74. The van der Waals surface area contributed by atoms with Gasteiger partial charge in [0.1, 0.15) is 5.75 Å². The molecule has 0 spiro atoms. The van der Waals surface area contributed by atoms with Gasteiger partial charge in [0.25, 0.3) is 0 Å². The van der Waals surface area contributed by atoms with Crippen molar-refractivity contribution in [1.29, 1.82) is 0 Å². The second-order valence-electron chi connectivity index (χ2n) is 5.44. The lowest BCUT2D eigenvalue weighted by Crippen LogP contribution is -2.35. The molecule has 2 heterocycles. The van der Waals surface area contributed by atoms with Crippen molar-refractivity contribution < 1.29 is 4.74 Å². The van der Waals surface area contributed by atoms with Crippen LogP contribution in [0.2, 0.25) is 0 Å². The van der Waals surface area contributed by atoms with Crippen LogP contribution in [0.4, 0.5) is 0 Å². The molecule has 3 rings (SSSR count). The lowest BCUT2D eigenvalue weighted by Gasteiger charge is -2.29. The van der Waals surface area contributed by atoms with Crippen LogP contribution in [-0.4, -0.2) is 22.7 Å². The van der Waals surface area contributed by atoms with Crippen LogP contribution < -0.4 is 10.1 Å². The molecule has 2 unspecified atom stereocenters. The Labute approximate surface area is 119 Å². The average Bonchev–Trinajstić information content (AvgIpc) is 2.97. The molecular formula is C16H21N3O. The summed E-state index contributed by atoms with van der Waals surface area (Å²) in [5, 5.41) is 3.67.